The molecule has 0 radical (unpaired) electrons. The number of benzene rings is 1. The summed E-state index contributed by atoms with van der Waals surface area (Å²) >= 11 is 0. The van der Waals surface area contributed by atoms with Crippen LogP contribution in [-0.2, 0) is 10.3 Å². The van der Waals surface area contributed by atoms with Crippen LogP contribution in [0.15, 0.2) is 35.3 Å². The van der Waals surface area contributed by atoms with E-state index in [-0.39, 0.29) is 17.9 Å². The molecule has 2 aliphatic rings. The summed E-state index contributed by atoms with van der Waals surface area (Å²) in [6.45, 7) is 4.56. The number of aromatic amines is 1. The van der Waals surface area contributed by atoms with Gasteiger partial charge >= 0.3 is 0 Å². The lowest BCUT2D eigenvalue weighted by molar-refractivity contribution is -0.00174. The van der Waals surface area contributed by atoms with Crippen molar-refractivity contribution in [1.29, 1.82) is 5.26 Å². The van der Waals surface area contributed by atoms with Crippen LogP contribution in [0, 0.1) is 18.3 Å². The van der Waals surface area contributed by atoms with Crippen LogP contribution in [-0.4, -0.2) is 51.9 Å². The third kappa shape index (κ3) is 4.30. The van der Waals surface area contributed by atoms with Crippen molar-refractivity contribution in [3.8, 4) is 6.07 Å². The zero-order chi connectivity index (χ0) is 24.4. The van der Waals surface area contributed by atoms with E-state index in [0.29, 0.717) is 35.5 Å². The molecule has 0 aliphatic carbocycles. The SMILES string of the molecule is Cc1cc(Nc2nn([C@]3(CC#N)CCCOC3)c3cc[nH]c(=O)c23)ccc1C(=O)N1CCCCC1. The van der Waals surface area contributed by atoms with E-state index in [1.54, 1.807) is 10.9 Å². The number of rotatable bonds is 5. The van der Waals surface area contributed by atoms with Crippen molar-refractivity contribution in [2.45, 2.75) is 51.0 Å². The van der Waals surface area contributed by atoms with Gasteiger partial charge in [-0.25, -0.2) is 0 Å². The Labute approximate surface area is 203 Å². The van der Waals surface area contributed by atoms with E-state index in [0.717, 1.165) is 50.0 Å². The quantitative estimate of drug-likeness (QED) is 0.581. The van der Waals surface area contributed by atoms with Crippen molar-refractivity contribution in [1.82, 2.24) is 19.7 Å². The zero-order valence-corrected chi connectivity index (χ0v) is 20.0. The van der Waals surface area contributed by atoms with E-state index in [1.807, 2.05) is 36.1 Å². The van der Waals surface area contributed by atoms with Gasteiger partial charge in [-0.1, -0.05) is 0 Å². The summed E-state index contributed by atoms with van der Waals surface area (Å²) < 4.78 is 7.54. The highest BCUT2D eigenvalue weighted by molar-refractivity contribution is 5.96. The van der Waals surface area contributed by atoms with Gasteiger partial charge in [-0.3, -0.25) is 14.3 Å². The molecule has 35 heavy (non-hydrogen) atoms. The van der Waals surface area contributed by atoms with E-state index in [2.05, 4.69) is 16.4 Å². The zero-order valence-electron chi connectivity index (χ0n) is 20.0. The average Bonchev–Trinajstić information content (AvgIpc) is 3.25. The van der Waals surface area contributed by atoms with Gasteiger partial charge < -0.3 is 19.9 Å². The number of amides is 1. The summed E-state index contributed by atoms with van der Waals surface area (Å²) in [5, 5.41) is 18.1. The molecule has 2 aromatic heterocycles. The fourth-order valence-electron chi connectivity index (χ4n) is 5.28. The van der Waals surface area contributed by atoms with Crippen molar-refractivity contribution in [3.05, 3.63) is 51.9 Å². The first-order valence-corrected chi connectivity index (χ1v) is 12.2. The molecule has 5 rings (SSSR count). The van der Waals surface area contributed by atoms with Crippen molar-refractivity contribution in [3.63, 3.8) is 0 Å². The number of carbonyl (C=O) groups excluding carboxylic acids is 1. The summed E-state index contributed by atoms with van der Waals surface area (Å²) in [5.41, 5.74) is 2.07. The van der Waals surface area contributed by atoms with Crippen molar-refractivity contribution < 1.29 is 9.53 Å². The van der Waals surface area contributed by atoms with Crippen LogP contribution in [0.3, 0.4) is 0 Å². The monoisotopic (exact) mass is 474 g/mol. The Morgan fingerprint density at radius 2 is 2.09 bits per heavy atom. The number of ether oxygens (including phenoxy) is 1. The summed E-state index contributed by atoms with van der Waals surface area (Å²) in [6.07, 6.45) is 6.67. The molecule has 2 N–H and O–H groups in total. The molecule has 1 atom stereocenters. The number of hydrogen-bond donors (Lipinski definition) is 2. The Morgan fingerprint density at radius 3 is 2.80 bits per heavy atom. The average molecular weight is 475 g/mol. The highest BCUT2D eigenvalue weighted by Gasteiger charge is 2.38. The molecular weight excluding hydrogens is 444 g/mol. The van der Waals surface area contributed by atoms with Gasteiger partial charge in [0.25, 0.3) is 11.5 Å². The van der Waals surface area contributed by atoms with Crippen LogP contribution < -0.4 is 10.9 Å². The number of nitriles is 1. The number of fused-ring (bicyclic) bond motifs is 1. The number of piperidine rings is 1. The minimum absolute atomic E-state index is 0.0654. The van der Waals surface area contributed by atoms with Crippen LogP contribution >= 0.6 is 0 Å². The molecule has 2 fully saturated rings. The fourth-order valence-corrected chi connectivity index (χ4v) is 5.28. The number of pyridine rings is 1. The van der Waals surface area contributed by atoms with Crippen LogP contribution in [0.25, 0.3) is 10.9 Å². The Bertz CT molecular complexity index is 1340. The molecule has 0 unspecified atom stereocenters. The first kappa shape index (κ1) is 23.1. The molecule has 0 bridgehead atoms. The molecule has 3 aromatic rings. The normalized spacial score (nSPS) is 20.5. The van der Waals surface area contributed by atoms with Gasteiger partial charge in [0.2, 0.25) is 0 Å². The number of nitrogens with zero attached hydrogens (tertiary/aromatic N) is 4. The van der Waals surface area contributed by atoms with Gasteiger partial charge in [-0.05, 0) is 68.9 Å². The Balaban J connectivity index is 1.50. The van der Waals surface area contributed by atoms with Crippen molar-refractivity contribution in [2.24, 2.45) is 0 Å². The van der Waals surface area contributed by atoms with Crippen molar-refractivity contribution in [2.75, 3.05) is 31.6 Å². The number of anilines is 2. The molecule has 4 heterocycles. The second-order valence-corrected chi connectivity index (χ2v) is 9.55. The molecule has 9 heteroatoms. The van der Waals surface area contributed by atoms with Crippen LogP contribution in [0.4, 0.5) is 11.5 Å². The number of carbonyl (C=O) groups is 1. The molecular formula is C26H30N6O3. The van der Waals surface area contributed by atoms with Gasteiger partial charge in [-0.15, -0.1) is 0 Å². The Hall–Kier alpha value is -3.64. The van der Waals surface area contributed by atoms with Crippen LogP contribution in [0.1, 0.15) is 54.4 Å². The van der Waals surface area contributed by atoms with Crippen LogP contribution in [0.2, 0.25) is 0 Å². The smallest absolute Gasteiger partial charge is 0.261 e. The standard InChI is InChI=1S/C26H30N6O3/c1-18-16-19(6-7-20(18)25(34)31-13-3-2-4-14-31)29-23-22-21(8-12-28-24(22)33)32(30-23)26(10-11-27)9-5-15-35-17-26/h6-8,12,16H,2-5,9-10,13-15,17H2,1H3,(H,28,33)(H,29,30)/t26-/m0/s1. The molecule has 0 saturated carbocycles. The second-order valence-electron chi connectivity index (χ2n) is 9.55. The Morgan fingerprint density at radius 1 is 1.26 bits per heavy atom. The number of hydrogen-bond acceptors (Lipinski definition) is 6. The molecule has 1 amide bonds. The van der Waals surface area contributed by atoms with Gasteiger partial charge in [0.1, 0.15) is 5.39 Å². The number of aromatic nitrogens is 3. The largest absolute Gasteiger partial charge is 0.379 e. The molecule has 2 saturated heterocycles. The first-order valence-electron chi connectivity index (χ1n) is 12.2. The lowest BCUT2D eigenvalue weighted by Crippen LogP contribution is -2.42. The predicted octanol–water partition coefficient (Wildman–Crippen LogP) is 3.82. The molecule has 9 nitrogen and oxygen atoms in total. The predicted molar refractivity (Wildman–Crippen MR) is 133 cm³/mol. The maximum atomic E-state index is 13.0. The van der Waals surface area contributed by atoms with Crippen LogP contribution in [0.5, 0.6) is 0 Å². The molecule has 0 spiro atoms. The van der Waals surface area contributed by atoms with Gasteiger partial charge in [0.05, 0.1) is 30.2 Å². The highest BCUT2D eigenvalue weighted by atomic mass is 16.5. The molecule has 2 aliphatic heterocycles. The third-order valence-electron chi connectivity index (χ3n) is 7.13. The van der Waals surface area contributed by atoms with E-state index in [4.69, 9.17) is 9.84 Å². The highest BCUT2D eigenvalue weighted by Crippen LogP contribution is 2.35. The second kappa shape index (κ2) is 9.55. The summed E-state index contributed by atoms with van der Waals surface area (Å²) in [4.78, 5) is 30.5. The maximum Gasteiger partial charge on any atom is 0.261 e. The lowest BCUT2D eigenvalue weighted by atomic mass is 9.89. The number of likely N-dealkylation sites (tertiary alicyclic amines) is 1. The topological polar surface area (TPSA) is 116 Å². The van der Waals surface area contributed by atoms with Gasteiger partial charge in [-0.2, -0.15) is 10.4 Å². The van der Waals surface area contributed by atoms with Gasteiger partial charge in [0.15, 0.2) is 5.82 Å². The van der Waals surface area contributed by atoms with E-state index in [9.17, 15) is 14.9 Å². The lowest BCUT2D eigenvalue weighted by Gasteiger charge is -2.35. The minimum Gasteiger partial charge on any atom is -0.379 e. The van der Waals surface area contributed by atoms with Crippen molar-refractivity contribution >= 4 is 28.3 Å². The van der Waals surface area contributed by atoms with E-state index in [1.165, 1.54) is 6.42 Å². The Kier molecular flexibility index (Phi) is 6.31. The third-order valence-corrected chi connectivity index (χ3v) is 7.13. The van der Waals surface area contributed by atoms with Gasteiger partial charge in [0, 0.05) is 37.1 Å². The number of H-pyrrole nitrogens is 1. The number of aryl methyl sites for hydroxylation is 1. The maximum absolute atomic E-state index is 13.0. The number of nitrogens with one attached hydrogen (secondary N) is 2. The summed E-state index contributed by atoms with van der Waals surface area (Å²) in [6, 6.07) is 9.69. The molecule has 182 valence electrons. The first-order chi connectivity index (χ1) is 17.0. The summed E-state index contributed by atoms with van der Waals surface area (Å²) in [7, 11) is 0. The molecule has 1 aromatic carbocycles. The fraction of sp³-hybridized carbons (Fsp3) is 0.462. The van der Waals surface area contributed by atoms with E-state index < -0.39 is 5.54 Å². The minimum atomic E-state index is -0.625. The van der Waals surface area contributed by atoms with E-state index >= 15 is 0 Å². The summed E-state index contributed by atoms with van der Waals surface area (Å²) in [5.74, 6) is 0.481.